The zero-order chi connectivity index (χ0) is 33.2. The summed E-state index contributed by atoms with van der Waals surface area (Å²) in [6.45, 7) is 11.8. The Morgan fingerprint density at radius 3 is 2.20 bits per heavy atom. The van der Waals surface area contributed by atoms with Crippen LogP contribution in [0.2, 0.25) is 18.1 Å². The molecule has 46 heavy (non-hydrogen) atoms. The highest BCUT2D eigenvalue weighted by atomic mass is 28.4. The molecule has 1 saturated carbocycles. The Bertz CT molecular complexity index is 1270. The highest BCUT2D eigenvalue weighted by Gasteiger charge is 2.41. The zero-order valence-corrected chi connectivity index (χ0v) is 30.1. The first-order valence-electron chi connectivity index (χ1n) is 17.9. The number of rotatable bonds is 16. The summed E-state index contributed by atoms with van der Waals surface area (Å²) in [6.07, 6.45) is 16.5. The van der Waals surface area contributed by atoms with E-state index in [2.05, 4.69) is 52.1 Å². The Hall–Kier alpha value is -2.70. The topological polar surface area (TPSA) is 72.8 Å². The smallest absolute Gasteiger partial charge is 0.338 e. The van der Waals surface area contributed by atoms with E-state index in [-0.39, 0.29) is 35.6 Å². The van der Waals surface area contributed by atoms with E-state index < -0.39 is 14.3 Å². The second-order valence-electron chi connectivity index (χ2n) is 15.2. The number of benzene rings is 2. The van der Waals surface area contributed by atoms with Crippen molar-refractivity contribution in [3.8, 4) is 11.1 Å². The monoisotopic (exact) mass is 646 g/mol. The molecule has 0 bridgehead atoms. The van der Waals surface area contributed by atoms with Gasteiger partial charge in [0.15, 0.2) is 8.32 Å². The van der Waals surface area contributed by atoms with Gasteiger partial charge in [-0.3, -0.25) is 4.79 Å². The molecule has 0 amide bonds. The van der Waals surface area contributed by atoms with Crippen molar-refractivity contribution in [3.05, 3.63) is 71.8 Å². The Morgan fingerprint density at radius 2 is 1.54 bits per heavy atom. The van der Waals surface area contributed by atoms with Crippen molar-refractivity contribution >= 4 is 20.3 Å². The largest absolute Gasteiger partial charge is 0.481 e. The van der Waals surface area contributed by atoms with E-state index in [0.29, 0.717) is 17.9 Å². The van der Waals surface area contributed by atoms with Crippen LogP contribution in [0.3, 0.4) is 0 Å². The lowest BCUT2D eigenvalue weighted by atomic mass is 9.82. The lowest BCUT2D eigenvalue weighted by molar-refractivity contribution is -0.137. The van der Waals surface area contributed by atoms with Crippen molar-refractivity contribution in [1.82, 2.24) is 0 Å². The van der Waals surface area contributed by atoms with Gasteiger partial charge < -0.3 is 14.3 Å². The predicted octanol–water partition coefficient (Wildman–Crippen LogP) is 11.0. The third kappa shape index (κ3) is 10.4. The molecule has 1 fully saturated rings. The van der Waals surface area contributed by atoms with Crippen LogP contribution in [0.1, 0.15) is 121 Å². The van der Waals surface area contributed by atoms with Gasteiger partial charge in [0.05, 0.1) is 5.56 Å². The molecule has 0 aliphatic heterocycles. The van der Waals surface area contributed by atoms with Crippen LogP contribution in [0.15, 0.2) is 66.2 Å². The van der Waals surface area contributed by atoms with Crippen LogP contribution in [0.5, 0.6) is 0 Å². The van der Waals surface area contributed by atoms with E-state index in [1.807, 2.05) is 42.5 Å². The number of unbranched alkanes of at least 4 members (excludes halogenated alkanes) is 3. The number of ether oxygens (including phenoxy) is 1. The first-order chi connectivity index (χ1) is 21.9. The molecule has 1 unspecified atom stereocenters. The molecular formula is C40H58O5Si. The summed E-state index contributed by atoms with van der Waals surface area (Å²) < 4.78 is 13.4. The maximum atomic E-state index is 13.4. The van der Waals surface area contributed by atoms with Crippen molar-refractivity contribution in [2.24, 2.45) is 11.8 Å². The average molecular weight is 647 g/mol. The van der Waals surface area contributed by atoms with Crippen molar-refractivity contribution in [2.45, 2.75) is 141 Å². The standard InChI is InChI=1S/C40H58O5Si/c1-40(2,3)46(4,5)45-36(33-18-12-9-13-19-33)28-26-32-27-29-37(35(32)20-14-6-7-15-21-38(41)42)44-39(43)34-24-22-31(23-25-34)30-16-10-8-11-17-30/h8,10-11,16-17,22-25,27,33,35-37H,6-7,9,12-15,18-21,26,28-29H2,1-5H3,(H,41,42)/t35-,36?,37+/m1/s1. The van der Waals surface area contributed by atoms with Gasteiger partial charge >= 0.3 is 11.9 Å². The first kappa shape index (κ1) is 36.1. The summed E-state index contributed by atoms with van der Waals surface area (Å²) >= 11 is 0. The number of aliphatic carboxylic acids is 1. The lowest BCUT2D eigenvalue weighted by Crippen LogP contribution is -2.46. The zero-order valence-electron chi connectivity index (χ0n) is 29.1. The first-order valence-corrected chi connectivity index (χ1v) is 20.8. The van der Waals surface area contributed by atoms with E-state index in [0.717, 1.165) is 56.1 Å². The second-order valence-corrected chi connectivity index (χ2v) is 20.0. The van der Waals surface area contributed by atoms with Gasteiger partial charge in [0.1, 0.15) is 6.10 Å². The summed E-state index contributed by atoms with van der Waals surface area (Å²) in [6, 6.07) is 17.9. The number of hydrogen-bond acceptors (Lipinski definition) is 4. The summed E-state index contributed by atoms with van der Waals surface area (Å²) in [5.41, 5.74) is 4.21. The molecule has 2 aromatic rings. The molecule has 5 nitrogen and oxygen atoms in total. The maximum absolute atomic E-state index is 13.4. The van der Waals surface area contributed by atoms with Crippen LogP contribution in [0.4, 0.5) is 0 Å². The summed E-state index contributed by atoms with van der Waals surface area (Å²) in [7, 11) is -1.92. The van der Waals surface area contributed by atoms with Gasteiger partial charge in [-0.05, 0) is 85.8 Å². The fraction of sp³-hybridized carbons (Fsp3) is 0.600. The highest BCUT2D eigenvalue weighted by molar-refractivity contribution is 6.74. The lowest BCUT2D eigenvalue weighted by Gasteiger charge is -2.42. The van der Waals surface area contributed by atoms with Gasteiger partial charge in [-0.25, -0.2) is 4.79 Å². The van der Waals surface area contributed by atoms with Crippen LogP contribution in [-0.2, 0) is 14.0 Å². The van der Waals surface area contributed by atoms with E-state index in [1.54, 1.807) is 0 Å². The van der Waals surface area contributed by atoms with Crippen LogP contribution in [0.25, 0.3) is 11.1 Å². The molecule has 0 radical (unpaired) electrons. The van der Waals surface area contributed by atoms with Gasteiger partial charge in [0.2, 0.25) is 0 Å². The van der Waals surface area contributed by atoms with E-state index in [4.69, 9.17) is 14.3 Å². The fourth-order valence-electron chi connectivity index (χ4n) is 7.00. The van der Waals surface area contributed by atoms with Crippen molar-refractivity contribution in [3.63, 3.8) is 0 Å². The van der Waals surface area contributed by atoms with Gasteiger partial charge in [0, 0.05) is 24.9 Å². The van der Waals surface area contributed by atoms with Crippen LogP contribution >= 0.6 is 0 Å². The Kier molecular flexibility index (Phi) is 13.3. The third-order valence-electron chi connectivity index (χ3n) is 10.8. The molecule has 0 saturated heterocycles. The summed E-state index contributed by atoms with van der Waals surface area (Å²) in [4.78, 5) is 24.3. The molecule has 0 heterocycles. The Balaban J connectivity index is 1.43. The second kappa shape index (κ2) is 16.9. The Labute approximate surface area is 279 Å². The maximum Gasteiger partial charge on any atom is 0.338 e. The van der Waals surface area contributed by atoms with Gasteiger partial charge in [-0.15, -0.1) is 0 Å². The fourth-order valence-corrected chi connectivity index (χ4v) is 8.42. The third-order valence-corrected chi connectivity index (χ3v) is 15.3. The highest BCUT2D eigenvalue weighted by Crippen LogP contribution is 2.42. The molecule has 2 aliphatic rings. The van der Waals surface area contributed by atoms with Gasteiger partial charge in [0.25, 0.3) is 0 Å². The minimum atomic E-state index is -1.92. The number of carboxylic acids is 1. The van der Waals surface area contributed by atoms with E-state index in [1.165, 1.54) is 37.7 Å². The summed E-state index contributed by atoms with van der Waals surface area (Å²) in [5.74, 6) is -0.152. The number of esters is 1. The van der Waals surface area contributed by atoms with Crippen LogP contribution < -0.4 is 0 Å². The summed E-state index contributed by atoms with van der Waals surface area (Å²) in [5, 5.41) is 9.19. The molecule has 4 rings (SSSR count). The normalized spacial score (nSPS) is 19.9. The van der Waals surface area contributed by atoms with Crippen molar-refractivity contribution < 1.29 is 23.9 Å². The molecule has 1 N–H and O–H groups in total. The SMILES string of the molecule is CC(C)(C)[Si](C)(C)OC(CCC1=CC[C@H](OC(=O)c2ccc(-c3ccccc3)cc2)[C@@H]1CCCCCCC(=O)O)C1CCCCC1. The van der Waals surface area contributed by atoms with Crippen LogP contribution in [0, 0.1) is 11.8 Å². The van der Waals surface area contributed by atoms with Gasteiger partial charge in [-0.1, -0.05) is 113 Å². The minimum Gasteiger partial charge on any atom is -0.481 e. The molecule has 0 aromatic heterocycles. The number of carbonyl (C=O) groups excluding carboxylic acids is 1. The number of hydrogen-bond donors (Lipinski definition) is 1. The molecule has 6 heteroatoms. The molecule has 252 valence electrons. The average Bonchev–Trinajstić information content (AvgIpc) is 3.41. The quantitative estimate of drug-likeness (QED) is 0.0850. The molecule has 3 atom stereocenters. The molecule has 0 spiro atoms. The van der Waals surface area contributed by atoms with Crippen molar-refractivity contribution in [2.75, 3.05) is 0 Å². The number of carbonyl (C=O) groups is 2. The molecule has 2 aliphatic carbocycles. The molecular weight excluding hydrogens is 589 g/mol. The Morgan fingerprint density at radius 1 is 0.891 bits per heavy atom. The van der Waals surface area contributed by atoms with E-state index in [9.17, 15) is 9.59 Å². The predicted molar refractivity (Wildman–Crippen MR) is 190 cm³/mol. The van der Waals surface area contributed by atoms with Gasteiger partial charge in [-0.2, -0.15) is 0 Å². The molecule has 2 aromatic carbocycles. The van der Waals surface area contributed by atoms with Crippen LogP contribution in [-0.4, -0.2) is 37.6 Å². The minimum absolute atomic E-state index is 0.162. The van der Waals surface area contributed by atoms with E-state index >= 15 is 0 Å². The number of carboxylic acid groups (broad SMARTS) is 1. The van der Waals surface area contributed by atoms with Crippen molar-refractivity contribution in [1.29, 1.82) is 0 Å².